The number of benzene rings is 1. The Morgan fingerprint density at radius 1 is 1.16 bits per heavy atom. The number of methoxy groups -OCH3 is 1. The van der Waals surface area contributed by atoms with Gasteiger partial charge < -0.3 is 14.1 Å². The Balaban J connectivity index is 1.39. The van der Waals surface area contributed by atoms with E-state index in [0.717, 1.165) is 53.5 Å². The number of nitrogens with zero attached hydrogens (tertiary/aromatic N) is 4. The van der Waals surface area contributed by atoms with Gasteiger partial charge >= 0.3 is 0 Å². The molecule has 0 saturated carbocycles. The quantitative estimate of drug-likeness (QED) is 0.495. The van der Waals surface area contributed by atoms with Crippen molar-refractivity contribution in [1.82, 2.24) is 19.5 Å². The van der Waals surface area contributed by atoms with Gasteiger partial charge in [0.1, 0.15) is 11.5 Å². The van der Waals surface area contributed by atoms with Gasteiger partial charge in [-0.15, -0.1) is 0 Å². The summed E-state index contributed by atoms with van der Waals surface area (Å²) in [5.41, 5.74) is 2.89. The number of hydrogen-bond donors (Lipinski definition) is 0. The molecule has 1 aliphatic heterocycles. The normalized spacial score (nSPS) is 16.6. The highest BCUT2D eigenvalue weighted by atomic mass is 16.5. The number of aryl methyl sites for hydroxylation is 1. The Labute approximate surface area is 180 Å². The molecule has 4 heterocycles. The van der Waals surface area contributed by atoms with Gasteiger partial charge in [-0.2, -0.15) is 5.10 Å². The summed E-state index contributed by atoms with van der Waals surface area (Å²) in [6.45, 7) is 3.16. The summed E-state index contributed by atoms with van der Waals surface area (Å²) in [6.07, 6.45) is 3.86. The monoisotopic (exact) mass is 416 g/mol. The van der Waals surface area contributed by atoms with Gasteiger partial charge in [0.05, 0.1) is 7.11 Å². The fourth-order valence-electron chi connectivity index (χ4n) is 4.12. The summed E-state index contributed by atoms with van der Waals surface area (Å²) < 4.78 is 12.7. The molecule has 1 saturated heterocycles. The minimum absolute atomic E-state index is 0.0677. The predicted molar refractivity (Wildman–Crippen MR) is 116 cm³/mol. The van der Waals surface area contributed by atoms with Crippen LogP contribution in [0.1, 0.15) is 40.9 Å². The van der Waals surface area contributed by atoms with Crippen LogP contribution in [-0.4, -0.2) is 45.6 Å². The lowest BCUT2D eigenvalue weighted by Gasteiger charge is -2.30. The third-order valence-corrected chi connectivity index (χ3v) is 5.78. The van der Waals surface area contributed by atoms with E-state index in [4.69, 9.17) is 19.2 Å². The summed E-state index contributed by atoms with van der Waals surface area (Å²) in [6, 6.07) is 15.5. The smallest absolute Gasteiger partial charge is 0.289 e. The standard InChI is InChI=1S/C24H24N4O3/c1-16-8-10-21(31-16)24(29)27-12-4-6-19(14-27)23-25-22-11-9-18(15-28(22)26-23)17-5-3-7-20(13-17)30-2/h3,5,7-11,13,15,19H,4,6,12,14H2,1-2H3/t19-/m0/s1. The van der Waals surface area contributed by atoms with Crippen molar-refractivity contribution >= 4 is 11.6 Å². The molecule has 3 aromatic heterocycles. The number of furan rings is 1. The Bertz CT molecular complexity index is 1240. The average Bonchev–Trinajstić information content (AvgIpc) is 3.44. The molecule has 1 atom stereocenters. The van der Waals surface area contributed by atoms with Crippen molar-refractivity contribution in [3.63, 3.8) is 0 Å². The van der Waals surface area contributed by atoms with Crippen LogP contribution in [0, 0.1) is 6.92 Å². The molecule has 7 nitrogen and oxygen atoms in total. The van der Waals surface area contributed by atoms with Crippen LogP contribution >= 0.6 is 0 Å². The van der Waals surface area contributed by atoms with Crippen LogP contribution in [-0.2, 0) is 0 Å². The van der Waals surface area contributed by atoms with E-state index in [9.17, 15) is 4.79 Å². The van der Waals surface area contributed by atoms with E-state index in [1.165, 1.54) is 0 Å². The Kier molecular flexibility index (Phi) is 4.94. The maximum atomic E-state index is 12.8. The molecule has 0 bridgehead atoms. The molecule has 0 radical (unpaired) electrons. The number of aromatic nitrogens is 3. The highest BCUT2D eigenvalue weighted by Gasteiger charge is 2.29. The van der Waals surface area contributed by atoms with E-state index in [-0.39, 0.29) is 11.8 Å². The summed E-state index contributed by atoms with van der Waals surface area (Å²) in [5.74, 6) is 2.76. The Morgan fingerprint density at radius 3 is 2.87 bits per heavy atom. The van der Waals surface area contributed by atoms with Gasteiger partial charge in [-0.1, -0.05) is 12.1 Å². The van der Waals surface area contributed by atoms with Crippen LogP contribution in [0.3, 0.4) is 0 Å². The second-order valence-corrected chi connectivity index (χ2v) is 7.92. The van der Waals surface area contributed by atoms with E-state index in [1.807, 2.05) is 65.0 Å². The van der Waals surface area contributed by atoms with Gasteiger partial charge in [0, 0.05) is 30.8 Å². The van der Waals surface area contributed by atoms with E-state index < -0.39 is 0 Å². The van der Waals surface area contributed by atoms with Crippen molar-refractivity contribution in [3.05, 3.63) is 72.1 Å². The van der Waals surface area contributed by atoms with Crippen LogP contribution in [0.4, 0.5) is 0 Å². The summed E-state index contributed by atoms with van der Waals surface area (Å²) >= 11 is 0. The number of pyridine rings is 1. The number of carbonyl (C=O) groups excluding carboxylic acids is 1. The number of ether oxygens (including phenoxy) is 1. The van der Waals surface area contributed by atoms with E-state index in [2.05, 4.69) is 0 Å². The van der Waals surface area contributed by atoms with Crippen LogP contribution in [0.15, 0.2) is 59.1 Å². The van der Waals surface area contributed by atoms with E-state index in [1.54, 1.807) is 13.2 Å². The average molecular weight is 416 g/mol. The fourth-order valence-corrected chi connectivity index (χ4v) is 4.12. The van der Waals surface area contributed by atoms with Gasteiger partial charge in [-0.25, -0.2) is 9.50 Å². The number of likely N-dealkylation sites (tertiary alicyclic amines) is 1. The molecule has 1 amide bonds. The zero-order valence-electron chi connectivity index (χ0n) is 17.6. The lowest BCUT2D eigenvalue weighted by molar-refractivity contribution is 0.0671. The predicted octanol–water partition coefficient (Wildman–Crippen LogP) is 4.33. The minimum atomic E-state index is -0.0677. The SMILES string of the molecule is COc1cccc(-c2ccc3nc([C@H]4CCCN(C(=O)c5ccc(C)o5)C4)nn3c2)c1. The first-order chi connectivity index (χ1) is 15.1. The first-order valence-electron chi connectivity index (χ1n) is 10.5. The summed E-state index contributed by atoms with van der Waals surface area (Å²) in [5, 5.41) is 4.75. The highest BCUT2D eigenvalue weighted by molar-refractivity contribution is 5.91. The molecular weight excluding hydrogens is 392 g/mol. The molecule has 158 valence electrons. The minimum Gasteiger partial charge on any atom is -0.497 e. The molecule has 0 aliphatic carbocycles. The van der Waals surface area contributed by atoms with Gasteiger partial charge in [0.2, 0.25) is 0 Å². The lowest BCUT2D eigenvalue weighted by Crippen LogP contribution is -2.39. The van der Waals surface area contributed by atoms with Crippen molar-refractivity contribution < 1.29 is 13.9 Å². The van der Waals surface area contributed by atoms with Crippen LogP contribution in [0.25, 0.3) is 16.8 Å². The Hall–Kier alpha value is -3.61. The molecule has 1 fully saturated rings. The third kappa shape index (κ3) is 3.79. The van der Waals surface area contributed by atoms with Crippen LogP contribution in [0.2, 0.25) is 0 Å². The lowest BCUT2D eigenvalue weighted by atomic mass is 9.97. The largest absolute Gasteiger partial charge is 0.497 e. The molecular formula is C24H24N4O3. The number of hydrogen-bond acceptors (Lipinski definition) is 5. The molecule has 0 N–H and O–H groups in total. The maximum absolute atomic E-state index is 12.8. The number of amides is 1. The second kappa shape index (κ2) is 7.91. The van der Waals surface area contributed by atoms with Crippen molar-refractivity contribution in [2.24, 2.45) is 0 Å². The number of piperidine rings is 1. The third-order valence-electron chi connectivity index (χ3n) is 5.78. The second-order valence-electron chi connectivity index (χ2n) is 7.92. The van der Waals surface area contributed by atoms with Crippen molar-refractivity contribution in [2.45, 2.75) is 25.7 Å². The topological polar surface area (TPSA) is 72.9 Å². The molecule has 0 spiro atoms. The summed E-state index contributed by atoms with van der Waals surface area (Å²) in [7, 11) is 1.66. The first kappa shape index (κ1) is 19.4. The highest BCUT2D eigenvalue weighted by Crippen LogP contribution is 2.28. The summed E-state index contributed by atoms with van der Waals surface area (Å²) in [4.78, 5) is 19.4. The molecule has 0 unspecified atom stereocenters. The van der Waals surface area contributed by atoms with Crippen molar-refractivity contribution in [1.29, 1.82) is 0 Å². The molecule has 5 rings (SSSR count). The molecule has 31 heavy (non-hydrogen) atoms. The maximum Gasteiger partial charge on any atom is 0.289 e. The van der Waals surface area contributed by atoms with Gasteiger partial charge in [0.15, 0.2) is 17.2 Å². The van der Waals surface area contributed by atoms with E-state index in [0.29, 0.717) is 12.3 Å². The zero-order valence-corrected chi connectivity index (χ0v) is 17.6. The fraction of sp³-hybridized carbons (Fsp3) is 0.292. The molecule has 1 aliphatic rings. The van der Waals surface area contributed by atoms with Crippen molar-refractivity contribution in [2.75, 3.05) is 20.2 Å². The number of rotatable bonds is 4. The zero-order chi connectivity index (χ0) is 21.4. The van der Waals surface area contributed by atoms with Gasteiger partial charge in [0.25, 0.3) is 5.91 Å². The van der Waals surface area contributed by atoms with Gasteiger partial charge in [-0.05, 0) is 61.7 Å². The molecule has 4 aromatic rings. The van der Waals surface area contributed by atoms with Crippen LogP contribution < -0.4 is 4.74 Å². The van der Waals surface area contributed by atoms with Crippen molar-refractivity contribution in [3.8, 4) is 16.9 Å². The Morgan fingerprint density at radius 2 is 2.06 bits per heavy atom. The van der Waals surface area contributed by atoms with Crippen LogP contribution in [0.5, 0.6) is 5.75 Å². The molecule has 7 heteroatoms. The number of carbonyl (C=O) groups is 1. The molecule has 1 aromatic carbocycles. The van der Waals surface area contributed by atoms with E-state index >= 15 is 0 Å². The first-order valence-corrected chi connectivity index (χ1v) is 10.5. The number of fused-ring (bicyclic) bond motifs is 1. The van der Waals surface area contributed by atoms with Gasteiger partial charge in [-0.3, -0.25) is 4.79 Å².